The molecule has 1 aromatic heterocycles. The highest BCUT2D eigenvalue weighted by molar-refractivity contribution is 7.99. The number of halogens is 2. The minimum Gasteiger partial charge on any atom is -0.271 e. The van der Waals surface area contributed by atoms with Crippen molar-refractivity contribution in [1.82, 2.24) is 15.2 Å². The Balaban J connectivity index is 2.13. The van der Waals surface area contributed by atoms with Gasteiger partial charge in [0.1, 0.15) is 0 Å². The largest absolute Gasteiger partial charge is 0.271 e. The first-order valence-electron chi connectivity index (χ1n) is 6.72. The van der Waals surface area contributed by atoms with Gasteiger partial charge in [-0.25, -0.2) is 0 Å². The number of hydrazine groups is 1. The maximum atomic E-state index is 6.25. The van der Waals surface area contributed by atoms with Gasteiger partial charge in [0.2, 0.25) is 0 Å². The third kappa shape index (κ3) is 4.14. The highest BCUT2D eigenvalue weighted by atomic mass is 35.5. The van der Waals surface area contributed by atoms with Gasteiger partial charge in [-0.1, -0.05) is 42.3 Å². The molecule has 0 bridgehead atoms. The molecule has 21 heavy (non-hydrogen) atoms. The molecule has 7 heteroatoms. The number of thioether (sulfide) groups is 1. The second kappa shape index (κ2) is 8.06. The molecular formula is C14H18Cl2N4S. The standard InChI is InChI=1S/C14H18Cl2N4S/c1-2-7-20-14(11(16)8-18-20)12(19-17)9-21-13-6-4-3-5-10(13)15/h3-6,8,12,19H,2,7,9,17H2,1H3. The summed E-state index contributed by atoms with van der Waals surface area (Å²) < 4.78 is 1.90. The Labute approximate surface area is 139 Å². The summed E-state index contributed by atoms with van der Waals surface area (Å²) in [5.74, 6) is 6.42. The van der Waals surface area contributed by atoms with Crippen LogP contribution in [0.2, 0.25) is 10.0 Å². The van der Waals surface area contributed by atoms with Crippen molar-refractivity contribution >= 4 is 35.0 Å². The monoisotopic (exact) mass is 344 g/mol. The molecule has 1 aromatic carbocycles. The summed E-state index contributed by atoms with van der Waals surface area (Å²) in [4.78, 5) is 1.03. The first-order chi connectivity index (χ1) is 10.2. The number of nitrogens with one attached hydrogen (secondary N) is 1. The van der Waals surface area contributed by atoms with Crippen LogP contribution in [0.4, 0.5) is 0 Å². The summed E-state index contributed by atoms with van der Waals surface area (Å²) in [6.45, 7) is 2.92. The van der Waals surface area contributed by atoms with Crippen LogP contribution >= 0.6 is 35.0 Å². The Kier molecular flexibility index (Phi) is 6.39. The van der Waals surface area contributed by atoms with Crippen molar-refractivity contribution in [2.45, 2.75) is 30.8 Å². The average Bonchev–Trinajstić information content (AvgIpc) is 2.84. The number of hydrogen-bond donors (Lipinski definition) is 2. The van der Waals surface area contributed by atoms with Crippen molar-refractivity contribution in [3.05, 3.63) is 46.2 Å². The van der Waals surface area contributed by atoms with Gasteiger partial charge in [0, 0.05) is 17.2 Å². The van der Waals surface area contributed by atoms with Gasteiger partial charge in [-0.2, -0.15) is 5.10 Å². The van der Waals surface area contributed by atoms with Gasteiger partial charge in [-0.05, 0) is 18.6 Å². The number of benzene rings is 1. The molecule has 1 unspecified atom stereocenters. The summed E-state index contributed by atoms with van der Waals surface area (Å²) in [5, 5.41) is 5.67. The van der Waals surface area contributed by atoms with E-state index in [1.54, 1.807) is 18.0 Å². The Morgan fingerprint density at radius 3 is 2.76 bits per heavy atom. The average molecular weight is 345 g/mol. The van der Waals surface area contributed by atoms with Crippen LogP contribution in [0, 0.1) is 0 Å². The SMILES string of the molecule is CCCn1ncc(Cl)c1C(CSc1ccccc1Cl)NN. The van der Waals surface area contributed by atoms with Gasteiger partial charge >= 0.3 is 0 Å². The number of nitrogens with zero attached hydrogens (tertiary/aromatic N) is 2. The van der Waals surface area contributed by atoms with E-state index in [-0.39, 0.29) is 6.04 Å². The van der Waals surface area contributed by atoms with E-state index < -0.39 is 0 Å². The summed E-state index contributed by atoms with van der Waals surface area (Å²) in [6.07, 6.45) is 2.65. The Morgan fingerprint density at radius 1 is 1.33 bits per heavy atom. The first kappa shape index (κ1) is 16.6. The number of aryl methyl sites for hydroxylation is 1. The number of hydrogen-bond acceptors (Lipinski definition) is 4. The zero-order valence-corrected chi connectivity index (χ0v) is 14.0. The van der Waals surface area contributed by atoms with Crippen LogP contribution in [0.3, 0.4) is 0 Å². The van der Waals surface area contributed by atoms with Gasteiger partial charge in [0.15, 0.2) is 0 Å². The molecule has 0 radical (unpaired) electrons. The third-order valence-corrected chi connectivity index (χ3v) is 4.94. The Morgan fingerprint density at radius 2 is 2.10 bits per heavy atom. The first-order valence-corrected chi connectivity index (χ1v) is 8.46. The van der Waals surface area contributed by atoms with Crippen molar-refractivity contribution in [2.75, 3.05) is 5.75 Å². The molecule has 4 nitrogen and oxygen atoms in total. The molecule has 114 valence electrons. The molecular weight excluding hydrogens is 327 g/mol. The number of rotatable bonds is 7. The van der Waals surface area contributed by atoms with Gasteiger partial charge in [-0.3, -0.25) is 16.0 Å². The number of nitrogens with two attached hydrogens (primary N) is 1. The van der Waals surface area contributed by atoms with E-state index in [4.69, 9.17) is 29.0 Å². The van der Waals surface area contributed by atoms with Crippen molar-refractivity contribution in [1.29, 1.82) is 0 Å². The molecule has 3 N–H and O–H groups in total. The van der Waals surface area contributed by atoms with Gasteiger partial charge < -0.3 is 0 Å². The van der Waals surface area contributed by atoms with Crippen molar-refractivity contribution in [3.8, 4) is 0 Å². The highest BCUT2D eigenvalue weighted by Crippen LogP contribution is 2.32. The zero-order valence-electron chi connectivity index (χ0n) is 11.7. The van der Waals surface area contributed by atoms with Crippen LogP contribution in [0.15, 0.2) is 35.4 Å². The van der Waals surface area contributed by atoms with Gasteiger partial charge in [0.25, 0.3) is 0 Å². The zero-order chi connectivity index (χ0) is 15.2. The summed E-state index contributed by atoms with van der Waals surface area (Å²) >= 11 is 14.1. The fourth-order valence-corrected chi connectivity index (χ4v) is 3.60. The highest BCUT2D eigenvalue weighted by Gasteiger charge is 2.19. The van der Waals surface area contributed by atoms with Crippen molar-refractivity contribution < 1.29 is 0 Å². The topological polar surface area (TPSA) is 55.9 Å². The molecule has 0 fully saturated rings. The number of aromatic nitrogens is 2. The van der Waals surface area contributed by atoms with Crippen molar-refractivity contribution in [2.24, 2.45) is 5.84 Å². The molecule has 0 spiro atoms. The van der Waals surface area contributed by atoms with Crippen molar-refractivity contribution in [3.63, 3.8) is 0 Å². The quantitative estimate of drug-likeness (QED) is 0.454. The lowest BCUT2D eigenvalue weighted by Crippen LogP contribution is -2.31. The lowest BCUT2D eigenvalue weighted by atomic mass is 10.2. The second-order valence-corrected chi connectivity index (χ2v) is 6.44. The van der Waals surface area contributed by atoms with E-state index >= 15 is 0 Å². The maximum absolute atomic E-state index is 6.25. The second-order valence-electron chi connectivity index (χ2n) is 4.56. The normalized spacial score (nSPS) is 12.6. The summed E-state index contributed by atoms with van der Waals surface area (Å²) in [6, 6.07) is 7.66. The molecule has 0 saturated heterocycles. The fraction of sp³-hybridized carbons (Fsp3) is 0.357. The molecule has 0 saturated carbocycles. The predicted molar refractivity (Wildman–Crippen MR) is 89.8 cm³/mol. The minimum atomic E-state index is -0.0900. The van der Waals surface area contributed by atoms with E-state index in [9.17, 15) is 0 Å². The van der Waals surface area contributed by atoms with Crippen LogP contribution < -0.4 is 11.3 Å². The molecule has 1 heterocycles. The van der Waals surface area contributed by atoms with Crippen LogP contribution in [0.25, 0.3) is 0 Å². The van der Waals surface area contributed by atoms with Gasteiger partial charge in [0.05, 0.1) is 28.0 Å². The molecule has 2 rings (SSSR count). The van der Waals surface area contributed by atoms with Crippen LogP contribution in [-0.4, -0.2) is 15.5 Å². The van der Waals surface area contributed by atoms with E-state index in [0.717, 1.165) is 34.3 Å². The van der Waals surface area contributed by atoms with E-state index in [1.807, 2.05) is 28.9 Å². The molecule has 0 aliphatic heterocycles. The van der Waals surface area contributed by atoms with E-state index in [2.05, 4.69) is 17.4 Å². The van der Waals surface area contributed by atoms with Crippen LogP contribution in [0.1, 0.15) is 25.1 Å². The maximum Gasteiger partial charge on any atom is 0.0834 e. The minimum absolute atomic E-state index is 0.0900. The third-order valence-electron chi connectivity index (χ3n) is 3.04. The Bertz CT molecular complexity index is 588. The molecule has 0 aliphatic rings. The van der Waals surface area contributed by atoms with Crippen LogP contribution in [0.5, 0.6) is 0 Å². The molecule has 2 aromatic rings. The summed E-state index contributed by atoms with van der Waals surface area (Å²) in [7, 11) is 0. The fourth-order valence-electron chi connectivity index (χ4n) is 2.05. The van der Waals surface area contributed by atoms with Gasteiger partial charge in [-0.15, -0.1) is 11.8 Å². The Hall–Kier alpha value is -0.720. The lowest BCUT2D eigenvalue weighted by Gasteiger charge is -2.18. The molecule has 0 amide bonds. The smallest absolute Gasteiger partial charge is 0.0834 e. The van der Waals surface area contributed by atoms with Crippen LogP contribution in [-0.2, 0) is 6.54 Å². The lowest BCUT2D eigenvalue weighted by molar-refractivity contribution is 0.509. The predicted octanol–water partition coefficient (Wildman–Crippen LogP) is 3.90. The molecule has 1 atom stereocenters. The van der Waals surface area contributed by atoms with E-state index in [0.29, 0.717) is 5.02 Å². The summed E-state index contributed by atoms with van der Waals surface area (Å²) in [5.41, 5.74) is 3.74. The van der Waals surface area contributed by atoms with E-state index in [1.165, 1.54) is 0 Å². The molecule has 0 aliphatic carbocycles.